The van der Waals surface area contributed by atoms with Gasteiger partial charge >= 0.3 is 81.4 Å². The van der Waals surface area contributed by atoms with Gasteiger partial charge in [-0.15, -0.1) is 46.2 Å². The molecule has 2 fully saturated rings. The third-order valence-electron chi connectivity index (χ3n) is 10.0. The van der Waals surface area contributed by atoms with Crippen molar-refractivity contribution in [2.24, 2.45) is 14.1 Å². The predicted molar refractivity (Wildman–Crippen MR) is 256 cm³/mol. The van der Waals surface area contributed by atoms with Crippen molar-refractivity contribution in [2.75, 3.05) is 34.5 Å². The van der Waals surface area contributed by atoms with Gasteiger partial charge in [-0.05, 0) is 11.1 Å². The van der Waals surface area contributed by atoms with Gasteiger partial charge in [0.25, 0.3) is 23.6 Å². The number of amides is 4. The van der Waals surface area contributed by atoms with Crippen LogP contribution >= 0.6 is 92.9 Å². The van der Waals surface area contributed by atoms with Crippen LogP contribution in [0.5, 0.6) is 0 Å². The van der Waals surface area contributed by atoms with Crippen molar-refractivity contribution in [3.63, 3.8) is 0 Å². The molecule has 4 atom stereocenters. The summed E-state index contributed by atoms with van der Waals surface area (Å²) in [5, 5.41) is 36.1. The first-order valence-electron chi connectivity index (χ1n) is 19.3. The zero-order chi connectivity index (χ0) is 50.9. The van der Waals surface area contributed by atoms with Gasteiger partial charge in [-0.3, -0.25) is 67.7 Å². The van der Waals surface area contributed by atoms with Gasteiger partial charge in [0.2, 0.25) is 0 Å². The molecule has 2 unspecified atom stereocenters. The molecule has 0 spiro atoms. The standard InChI is InChI=1S/2C18H16ClN7O6S3.2Na/c2*1-25-18(23-12(28)13(29)24-25)35-4-6-3-33-15-9(14(30)26(15)10(6)16(31)32)22-11(27)7(2-19)8-5-34-17(20)21-8;;/h2*2,5,9,15H,3-4H2,1H3,(H2,20,21)(H,22,27)(H,24,29)(H,31,32);;/q;;2*+1/p-2/t2*9?,15-;;/m00../s1. The summed E-state index contributed by atoms with van der Waals surface area (Å²) in [6, 6.07) is -1.97. The number of thiazole rings is 2. The van der Waals surface area contributed by atoms with Gasteiger partial charge < -0.3 is 41.9 Å². The minimum atomic E-state index is -1.55. The third-order valence-corrected chi connectivity index (χ3v) is 16.7. The number of rotatable bonds is 14. The number of aromatic amines is 2. The molecule has 4 aliphatic heterocycles. The largest absolute Gasteiger partial charge is 1.00 e. The smallest absolute Gasteiger partial charge is 0.543 e. The number of β-lactam (4-membered cyclic amide) rings is 2. The number of anilines is 2. The normalized spacial score (nSPS) is 19.3. The zero-order valence-corrected chi connectivity index (χ0v) is 47.7. The van der Waals surface area contributed by atoms with Crippen LogP contribution in [0.1, 0.15) is 11.4 Å². The van der Waals surface area contributed by atoms with Crippen LogP contribution in [0.3, 0.4) is 0 Å². The number of nitrogens with two attached hydrogens (primary N) is 2. The Kier molecular flexibility index (Phi) is 20.3. The molecule has 0 radical (unpaired) electrons. The number of carbonyl (C=O) groups excluding carboxylic acids is 6. The van der Waals surface area contributed by atoms with Gasteiger partial charge in [-0.2, -0.15) is 9.97 Å². The summed E-state index contributed by atoms with van der Waals surface area (Å²) in [6.07, 6.45) is 0. The summed E-state index contributed by atoms with van der Waals surface area (Å²) in [7, 11) is 2.96. The van der Waals surface area contributed by atoms with Crippen LogP contribution in [0.2, 0.25) is 0 Å². The molecule has 8 N–H and O–H groups in total. The van der Waals surface area contributed by atoms with Crippen molar-refractivity contribution < 1.29 is 98.1 Å². The number of thioether (sulfide) groups is 4. The van der Waals surface area contributed by atoms with Crippen molar-refractivity contribution >= 4 is 150 Å². The number of hydrogen-bond acceptors (Lipinski definition) is 24. The van der Waals surface area contributed by atoms with Crippen LogP contribution in [0.15, 0.2) is 73.9 Å². The number of nitrogens with one attached hydrogen (secondary N) is 4. The minimum absolute atomic E-state index is 0. The van der Waals surface area contributed by atoms with E-state index in [-0.39, 0.29) is 137 Å². The van der Waals surface area contributed by atoms with E-state index in [9.17, 15) is 58.2 Å². The zero-order valence-electron chi connectivity index (χ0n) is 37.3. The van der Waals surface area contributed by atoms with Gasteiger partial charge in [0, 0.05) is 58.9 Å². The molecule has 4 aliphatic rings. The molecule has 72 heavy (non-hydrogen) atoms. The molecular weight excluding hydrogens is 1130 g/mol. The number of aryl methyl sites for hydroxylation is 2. The Morgan fingerprint density at radius 1 is 0.694 bits per heavy atom. The van der Waals surface area contributed by atoms with Crippen molar-refractivity contribution in [3.05, 3.63) is 97.2 Å². The van der Waals surface area contributed by atoms with Crippen LogP contribution in [0.25, 0.3) is 11.1 Å². The van der Waals surface area contributed by atoms with E-state index in [1.54, 1.807) is 10.8 Å². The molecule has 4 aromatic heterocycles. The van der Waals surface area contributed by atoms with E-state index in [1.165, 1.54) is 47.0 Å². The maximum atomic E-state index is 12.8. The monoisotopic (exact) mass is 1160 g/mol. The number of carboxylic acid groups (broad SMARTS) is 2. The fourth-order valence-corrected chi connectivity index (χ4v) is 13.1. The Balaban J connectivity index is 0.000000260. The van der Waals surface area contributed by atoms with Crippen LogP contribution in [0, 0.1) is 0 Å². The van der Waals surface area contributed by atoms with E-state index >= 15 is 0 Å². The Hall–Kier alpha value is -4.16. The Morgan fingerprint density at radius 3 is 1.36 bits per heavy atom. The van der Waals surface area contributed by atoms with Crippen LogP contribution in [0.4, 0.5) is 10.3 Å². The number of nitrogens with zero attached hydrogens (tertiary/aromatic N) is 8. The number of carbonyl (C=O) groups is 6. The SMILES string of the molecule is Cn1[nH]c(=O)c(=O)nc1SCC1=C(C(=O)[O-])N2C(=O)C(NC(=O)C(=CCl)c3csc(N)n3)[C@@H]2SC1.Cn1[nH]c(=O)c(=O)nc1SCC1=C(C(=O)[O-])N2C(=O)C(NC(=O)C(=CCl)c3csc(N)n3)[C@@H]2SC1.[Na+].[Na+]. The Bertz CT molecular complexity index is 3050. The number of carboxylic acids is 2. The minimum Gasteiger partial charge on any atom is -0.543 e. The van der Waals surface area contributed by atoms with E-state index in [2.05, 4.69) is 40.8 Å². The molecule has 8 heterocycles. The van der Waals surface area contributed by atoms with E-state index in [0.717, 1.165) is 67.1 Å². The molecule has 2 saturated heterocycles. The molecule has 26 nitrogen and oxygen atoms in total. The van der Waals surface area contributed by atoms with Gasteiger partial charge in [-0.25, -0.2) is 9.97 Å². The second-order valence-electron chi connectivity index (χ2n) is 14.4. The maximum absolute atomic E-state index is 12.8. The number of nitrogen functional groups attached to an aromatic ring is 2. The number of aromatic nitrogens is 8. The van der Waals surface area contributed by atoms with Gasteiger partial charge in [0.15, 0.2) is 20.6 Å². The number of fused-ring (bicyclic) bond motifs is 2. The molecule has 36 heteroatoms. The van der Waals surface area contributed by atoms with Crippen LogP contribution in [-0.4, -0.2) is 131 Å². The molecule has 368 valence electrons. The molecule has 0 aliphatic carbocycles. The van der Waals surface area contributed by atoms with Gasteiger partial charge in [0.05, 0.1) is 45.9 Å². The number of H-pyrrole nitrogens is 2. The molecule has 4 aromatic rings. The van der Waals surface area contributed by atoms with Gasteiger partial charge in [0.1, 0.15) is 22.8 Å². The third kappa shape index (κ3) is 12.3. The van der Waals surface area contributed by atoms with Crippen molar-refractivity contribution in [3.8, 4) is 0 Å². The summed E-state index contributed by atoms with van der Waals surface area (Å²) in [5.41, 5.74) is 10.2. The summed E-state index contributed by atoms with van der Waals surface area (Å²) >= 11 is 18.3. The quantitative estimate of drug-likeness (QED) is 0.0224. The summed E-state index contributed by atoms with van der Waals surface area (Å²) < 4.78 is 2.48. The molecular formula is C36H30Cl2N14Na2O12S6. The first-order valence-corrected chi connectivity index (χ1v) is 26.0. The topological polar surface area (TPSA) is 392 Å². The fourth-order valence-electron chi connectivity index (χ4n) is 6.75. The average Bonchev–Trinajstić information content (AvgIpc) is 3.95. The van der Waals surface area contributed by atoms with Crippen molar-refractivity contribution in [1.82, 2.24) is 59.9 Å². The Labute approximate surface area is 481 Å². The van der Waals surface area contributed by atoms with E-state index in [1.807, 2.05) is 0 Å². The first kappa shape index (κ1) is 58.7. The average molecular weight is 1160 g/mol. The summed E-state index contributed by atoms with van der Waals surface area (Å²) in [6.45, 7) is 0. The number of hydrogen-bond donors (Lipinski definition) is 6. The summed E-state index contributed by atoms with van der Waals surface area (Å²) in [4.78, 5) is 138. The number of aliphatic carboxylic acids is 2. The van der Waals surface area contributed by atoms with Gasteiger partial charge in [-0.1, -0.05) is 46.7 Å². The second kappa shape index (κ2) is 24.9. The maximum Gasteiger partial charge on any atom is 1.00 e. The molecule has 0 bridgehead atoms. The van der Waals surface area contributed by atoms with Crippen LogP contribution < -0.4 is 114 Å². The Morgan fingerprint density at radius 2 is 1.06 bits per heavy atom. The van der Waals surface area contributed by atoms with E-state index in [4.69, 9.17) is 34.7 Å². The van der Waals surface area contributed by atoms with Crippen molar-refractivity contribution in [2.45, 2.75) is 33.1 Å². The molecule has 0 aromatic carbocycles. The first-order chi connectivity index (χ1) is 33.2. The number of halogens is 2. The molecule has 8 rings (SSSR count). The van der Waals surface area contributed by atoms with Crippen LogP contribution in [-0.2, 0) is 42.9 Å². The predicted octanol–water partition coefficient (Wildman–Crippen LogP) is -9.43. The van der Waals surface area contributed by atoms with Crippen molar-refractivity contribution in [1.29, 1.82) is 0 Å². The van der Waals surface area contributed by atoms with E-state index in [0.29, 0.717) is 11.1 Å². The fraction of sp³-hybridized carbons (Fsp3) is 0.278. The second-order valence-corrected chi connectivity index (χ2v) is 20.7. The summed E-state index contributed by atoms with van der Waals surface area (Å²) in [5.74, 6) is -5.09. The van der Waals surface area contributed by atoms with E-state index < -0.39 is 80.6 Å². The molecule has 4 amide bonds. The molecule has 0 saturated carbocycles.